The quantitative estimate of drug-likeness (QED) is 0.847. The fourth-order valence-electron chi connectivity index (χ4n) is 2.88. The van der Waals surface area contributed by atoms with Crippen molar-refractivity contribution in [1.82, 2.24) is 9.88 Å². The van der Waals surface area contributed by atoms with Gasteiger partial charge in [-0.3, -0.25) is 4.79 Å². The number of carbonyl (C=O) groups excluding carboxylic acids is 2. The highest BCUT2D eigenvalue weighted by Crippen LogP contribution is 2.24. The number of amides is 2. The van der Waals surface area contributed by atoms with E-state index in [1.54, 1.807) is 29.4 Å². The van der Waals surface area contributed by atoms with Gasteiger partial charge in [-0.1, -0.05) is 0 Å². The van der Waals surface area contributed by atoms with Gasteiger partial charge in [0.15, 0.2) is 0 Å². The molecule has 0 bridgehead atoms. The van der Waals surface area contributed by atoms with Gasteiger partial charge in [0.05, 0.1) is 12.5 Å². The van der Waals surface area contributed by atoms with Crippen LogP contribution in [0.2, 0.25) is 0 Å². The molecule has 1 atom stereocenters. The highest BCUT2D eigenvalue weighted by molar-refractivity contribution is 7.13. The normalized spacial score (nSPS) is 17.2. The number of carbonyl (C=O) groups is 2. The van der Waals surface area contributed by atoms with E-state index in [-0.39, 0.29) is 17.9 Å². The summed E-state index contributed by atoms with van der Waals surface area (Å²) in [4.78, 5) is 30.3. The Kier molecular flexibility index (Phi) is 5.65. The van der Waals surface area contributed by atoms with Gasteiger partial charge in [0, 0.05) is 35.9 Å². The highest BCUT2D eigenvalue weighted by Gasteiger charge is 2.29. The van der Waals surface area contributed by atoms with Crippen LogP contribution in [-0.4, -0.2) is 41.6 Å². The van der Waals surface area contributed by atoms with E-state index in [4.69, 9.17) is 4.74 Å². The van der Waals surface area contributed by atoms with Crippen molar-refractivity contribution in [1.29, 1.82) is 0 Å². The van der Waals surface area contributed by atoms with Crippen LogP contribution in [0.1, 0.15) is 19.8 Å². The van der Waals surface area contributed by atoms with E-state index < -0.39 is 0 Å². The highest BCUT2D eigenvalue weighted by atomic mass is 32.1. The van der Waals surface area contributed by atoms with E-state index >= 15 is 0 Å². The van der Waals surface area contributed by atoms with Gasteiger partial charge in [0.25, 0.3) is 0 Å². The molecule has 1 unspecified atom stereocenters. The number of rotatable bonds is 4. The number of ether oxygens (including phenoxy) is 1. The van der Waals surface area contributed by atoms with Crippen LogP contribution in [0.4, 0.5) is 10.5 Å². The maximum atomic E-state index is 12.5. The minimum Gasteiger partial charge on any atom is -0.466 e. The zero-order valence-electron chi connectivity index (χ0n) is 14.1. The van der Waals surface area contributed by atoms with Crippen LogP contribution in [0, 0.1) is 5.92 Å². The Morgan fingerprint density at radius 2 is 2.16 bits per heavy atom. The van der Waals surface area contributed by atoms with E-state index in [0.29, 0.717) is 19.7 Å². The summed E-state index contributed by atoms with van der Waals surface area (Å²) in [7, 11) is 0. The third-order valence-corrected chi connectivity index (χ3v) is 4.97. The Balaban J connectivity index is 1.59. The van der Waals surface area contributed by atoms with Crippen molar-refractivity contribution >= 4 is 29.0 Å². The average Bonchev–Trinajstić information content (AvgIpc) is 3.17. The minimum atomic E-state index is -0.230. The van der Waals surface area contributed by atoms with Crippen LogP contribution in [0.25, 0.3) is 10.6 Å². The molecule has 3 rings (SSSR count). The van der Waals surface area contributed by atoms with E-state index in [2.05, 4.69) is 10.3 Å². The molecule has 25 heavy (non-hydrogen) atoms. The largest absolute Gasteiger partial charge is 0.466 e. The van der Waals surface area contributed by atoms with Gasteiger partial charge in [-0.2, -0.15) is 0 Å². The molecule has 0 spiro atoms. The topological polar surface area (TPSA) is 71.5 Å². The number of piperidine rings is 1. The Hall–Kier alpha value is -2.41. The second-order valence-electron chi connectivity index (χ2n) is 5.88. The van der Waals surface area contributed by atoms with Crippen molar-refractivity contribution in [3.05, 3.63) is 35.8 Å². The summed E-state index contributed by atoms with van der Waals surface area (Å²) in [6.07, 6.45) is 3.34. The number of urea groups is 1. The van der Waals surface area contributed by atoms with Gasteiger partial charge in [-0.05, 0) is 44.0 Å². The summed E-state index contributed by atoms with van der Waals surface area (Å²) < 4.78 is 5.07. The number of anilines is 1. The first kappa shape index (κ1) is 17.4. The number of aromatic nitrogens is 1. The summed E-state index contributed by atoms with van der Waals surface area (Å²) in [5.41, 5.74) is 1.75. The standard InChI is InChI=1S/C18H21N3O3S/c1-2-24-17(22)14-4-3-10-21(12-14)18(23)20-15-7-5-13(6-8-15)16-19-9-11-25-16/h5-9,11,14H,2-4,10,12H2,1H3,(H,20,23). The summed E-state index contributed by atoms with van der Waals surface area (Å²) >= 11 is 1.57. The fraction of sp³-hybridized carbons (Fsp3) is 0.389. The summed E-state index contributed by atoms with van der Waals surface area (Å²) in [5.74, 6) is -0.445. The molecule has 2 aromatic rings. The van der Waals surface area contributed by atoms with Gasteiger partial charge < -0.3 is 15.0 Å². The molecule has 0 saturated carbocycles. The van der Waals surface area contributed by atoms with Crippen LogP contribution in [0.15, 0.2) is 35.8 Å². The number of hydrogen-bond acceptors (Lipinski definition) is 5. The van der Waals surface area contributed by atoms with Crippen LogP contribution in [0.3, 0.4) is 0 Å². The first-order chi connectivity index (χ1) is 12.2. The first-order valence-corrected chi connectivity index (χ1v) is 9.28. The van der Waals surface area contributed by atoms with Crippen molar-refractivity contribution in [2.75, 3.05) is 25.0 Å². The monoisotopic (exact) mass is 359 g/mol. The molecule has 1 N–H and O–H groups in total. The molecule has 2 heterocycles. The molecule has 1 saturated heterocycles. The van der Waals surface area contributed by atoms with Gasteiger partial charge in [0.2, 0.25) is 0 Å². The molecular weight excluding hydrogens is 338 g/mol. The lowest BCUT2D eigenvalue weighted by atomic mass is 9.98. The van der Waals surface area contributed by atoms with Gasteiger partial charge in [0.1, 0.15) is 5.01 Å². The van der Waals surface area contributed by atoms with Crippen molar-refractivity contribution in [3.8, 4) is 10.6 Å². The molecule has 0 radical (unpaired) electrons. The van der Waals surface area contributed by atoms with E-state index in [1.807, 2.05) is 29.6 Å². The molecule has 0 aliphatic carbocycles. The minimum absolute atomic E-state index is 0.184. The average molecular weight is 359 g/mol. The molecule has 1 aliphatic rings. The maximum Gasteiger partial charge on any atom is 0.321 e. The lowest BCUT2D eigenvalue weighted by Crippen LogP contribution is -2.44. The van der Waals surface area contributed by atoms with Crippen molar-refractivity contribution in [3.63, 3.8) is 0 Å². The summed E-state index contributed by atoms with van der Waals surface area (Å²) in [5, 5.41) is 5.78. The third-order valence-electron chi connectivity index (χ3n) is 4.14. The Labute approximate surface area is 150 Å². The molecule has 1 aromatic carbocycles. The van der Waals surface area contributed by atoms with E-state index in [1.165, 1.54) is 0 Å². The lowest BCUT2D eigenvalue weighted by Gasteiger charge is -2.31. The predicted octanol–water partition coefficient (Wildman–Crippen LogP) is 3.62. The van der Waals surface area contributed by atoms with Crippen molar-refractivity contribution in [2.45, 2.75) is 19.8 Å². The molecule has 7 heteroatoms. The van der Waals surface area contributed by atoms with Crippen LogP contribution < -0.4 is 5.32 Å². The maximum absolute atomic E-state index is 12.5. The first-order valence-electron chi connectivity index (χ1n) is 8.40. The van der Waals surface area contributed by atoms with Crippen LogP contribution in [0.5, 0.6) is 0 Å². The van der Waals surface area contributed by atoms with Crippen LogP contribution in [-0.2, 0) is 9.53 Å². The molecule has 1 aromatic heterocycles. The zero-order valence-corrected chi connectivity index (χ0v) is 14.9. The van der Waals surface area contributed by atoms with Gasteiger partial charge in [-0.15, -0.1) is 11.3 Å². The molecule has 2 amide bonds. The number of nitrogens with one attached hydrogen (secondary N) is 1. The summed E-state index contributed by atoms with van der Waals surface area (Å²) in [6, 6.07) is 7.41. The smallest absolute Gasteiger partial charge is 0.321 e. The Bertz CT molecular complexity index is 716. The molecular formula is C18H21N3O3S. The second-order valence-corrected chi connectivity index (χ2v) is 6.78. The van der Waals surface area contributed by atoms with Gasteiger partial charge in [-0.25, -0.2) is 9.78 Å². The van der Waals surface area contributed by atoms with Crippen molar-refractivity contribution < 1.29 is 14.3 Å². The Morgan fingerprint density at radius 3 is 2.84 bits per heavy atom. The molecule has 1 aliphatic heterocycles. The van der Waals surface area contributed by atoms with E-state index in [9.17, 15) is 9.59 Å². The number of esters is 1. The summed E-state index contributed by atoms with van der Waals surface area (Å²) in [6.45, 7) is 3.22. The van der Waals surface area contributed by atoms with E-state index in [0.717, 1.165) is 29.1 Å². The SMILES string of the molecule is CCOC(=O)C1CCCN(C(=O)Nc2ccc(-c3nccs3)cc2)C1. The lowest BCUT2D eigenvalue weighted by molar-refractivity contribution is -0.149. The number of likely N-dealkylation sites (tertiary alicyclic amines) is 1. The molecule has 6 nitrogen and oxygen atoms in total. The fourth-order valence-corrected chi connectivity index (χ4v) is 3.52. The molecule has 1 fully saturated rings. The van der Waals surface area contributed by atoms with Gasteiger partial charge >= 0.3 is 12.0 Å². The number of thiazole rings is 1. The molecule has 132 valence electrons. The number of nitrogens with zero attached hydrogens (tertiary/aromatic N) is 2. The Morgan fingerprint density at radius 1 is 1.36 bits per heavy atom. The number of benzene rings is 1. The van der Waals surface area contributed by atoms with Crippen molar-refractivity contribution in [2.24, 2.45) is 5.92 Å². The zero-order chi connectivity index (χ0) is 17.6. The van der Waals surface area contributed by atoms with Crippen LogP contribution >= 0.6 is 11.3 Å². The third kappa shape index (κ3) is 4.36. The predicted molar refractivity (Wildman–Crippen MR) is 97.5 cm³/mol. The number of hydrogen-bond donors (Lipinski definition) is 1. The second kappa shape index (κ2) is 8.11.